The minimum atomic E-state index is -1.10. The first-order valence-corrected chi connectivity index (χ1v) is 10.4. The molecule has 11 nitrogen and oxygen atoms in total. The number of nitrogens with zero attached hydrogens (tertiary/aromatic N) is 3. The zero-order chi connectivity index (χ0) is 23.9. The summed E-state index contributed by atoms with van der Waals surface area (Å²) in [4.78, 5) is 31.9. The fourth-order valence-corrected chi connectivity index (χ4v) is 3.53. The maximum atomic E-state index is 12.3. The summed E-state index contributed by atoms with van der Waals surface area (Å²) in [5.41, 5.74) is -0.157. The molecule has 0 radical (unpaired) electrons. The summed E-state index contributed by atoms with van der Waals surface area (Å²) in [6.07, 6.45) is 0.801. The first kappa shape index (κ1) is 21.5. The van der Waals surface area contributed by atoms with Crippen LogP contribution in [-0.2, 0) is 14.9 Å². The summed E-state index contributed by atoms with van der Waals surface area (Å²) in [6.45, 7) is 1.69. The average Bonchev–Trinajstić information content (AvgIpc) is 3.12. The number of nitrogens with one attached hydrogen (secondary N) is 1. The largest absolute Gasteiger partial charge is 0.480 e. The number of carbonyl (C=O) groups is 2. The Labute approximate surface area is 196 Å². The lowest BCUT2D eigenvalue weighted by molar-refractivity contribution is -0.140. The molecule has 1 fully saturated rings. The van der Waals surface area contributed by atoms with E-state index in [2.05, 4.69) is 32.3 Å². The number of aromatic nitrogens is 3. The van der Waals surface area contributed by atoms with Crippen molar-refractivity contribution in [2.75, 3.05) is 5.32 Å². The second kappa shape index (κ2) is 8.24. The predicted molar refractivity (Wildman–Crippen MR) is 115 cm³/mol. The van der Waals surface area contributed by atoms with Crippen LogP contribution in [0.2, 0.25) is 5.02 Å². The molecule has 1 amide bonds. The molecule has 1 aromatic carbocycles. The van der Waals surface area contributed by atoms with Crippen molar-refractivity contribution in [3.05, 3.63) is 58.6 Å². The number of aliphatic carboxylic acids is 1. The molecule has 1 unspecified atom stereocenters. The number of carbonyl (C=O) groups excluding carboxylic acids is 1. The lowest BCUT2D eigenvalue weighted by Gasteiger charge is -2.14. The molecule has 5 rings (SSSR count). The van der Waals surface area contributed by atoms with Gasteiger partial charge >= 0.3 is 17.8 Å². The maximum Gasteiger partial charge on any atom is 0.412 e. The molecular formula is C22H15ClN4O7. The fraction of sp³-hybridized carbons (Fsp3) is 0.227. The first-order chi connectivity index (χ1) is 16.4. The molecule has 4 aromatic rings. The lowest BCUT2D eigenvalue weighted by Crippen LogP contribution is -2.19. The monoisotopic (exact) mass is 482 g/mol. The van der Waals surface area contributed by atoms with Gasteiger partial charge in [0.15, 0.2) is 0 Å². The Balaban J connectivity index is 1.27. The van der Waals surface area contributed by atoms with Crippen LogP contribution in [0.4, 0.5) is 10.5 Å². The van der Waals surface area contributed by atoms with Gasteiger partial charge in [0.25, 0.3) is 5.89 Å². The van der Waals surface area contributed by atoms with Gasteiger partial charge in [-0.15, -0.1) is 0 Å². The van der Waals surface area contributed by atoms with Crippen LogP contribution in [0.1, 0.15) is 49.0 Å². The predicted octanol–water partition coefficient (Wildman–Crippen LogP) is 4.28. The molecule has 1 aliphatic rings. The third kappa shape index (κ3) is 3.95. The van der Waals surface area contributed by atoms with Crippen molar-refractivity contribution in [2.24, 2.45) is 0 Å². The quantitative estimate of drug-likeness (QED) is 0.394. The standard InChI is InChI=1S/C22H15ClN4O7/c1-11(12-4-2-3-5-13(12)23)31-21(30)25-14-10-24-34-15(14)6-7-16-26-17-18(32-16)33-19(27-17)22(8-9-22)20(28)29/h2-5,10-11H,8-9H2,1H3,(H,25,30)(H,28,29). The molecule has 3 heterocycles. The van der Waals surface area contributed by atoms with E-state index in [1.165, 1.54) is 6.20 Å². The summed E-state index contributed by atoms with van der Waals surface area (Å²) < 4.78 is 21.2. The van der Waals surface area contributed by atoms with Crippen LogP contribution in [0.5, 0.6) is 0 Å². The fourth-order valence-electron chi connectivity index (χ4n) is 3.24. The number of oxazole rings is 2. The van der Waals surface area contributed by atoms with Crippen LogP contribution in [0.3, 0.4) is 0 Å². The molecule has 34 heavy (non-hydrogen) atoms. The average molecular weight is 483 g/mol. The molecule has 0 bridgehead atoms. The summed E-state index contributed by atoms with van der Waals surface area (Å²) in [5, 5.41) is 16.0. The van der Waals surface area contributed by atoms with E-state index in [0.29, 0.717) is 23.4 Å². The highest BCUT2D eigenvalue weighted by molar-refractivity contribution is 6.31. The van der Waals surface area contributed by atoms with E-state index in [-0.39, 0.29) is 34.7 Å². The van der Waals surface area contributed by atoms with Crippen molar-refractivity contribution in [3.8, 4) is 11.8 Å². The second-order valence-corrected chi connectivity index (χ2v) is 7.96. The van der Waals surface area contributed by atoms with Gasteiger partial charge in [0, 0.05) is 16.5 Å². The SMILES string of the molecule is CC(OC(=O)Nc1cnoc1C#Cc1nc2nc(C3(C(=O)O)CC3)oc2o1)c1ccccc1Cl. The van der Waals surface area contributed by atoms with Gasteiger partial charge in [-0.2, -0.15) is 9.97 Å². The summed E-state index contributed by atoms with van der Waals surface area (Å²) in [7, 11) is 0. The van der Waals surface area contributed by atoms with Gasteiger partial charge in [0.05, 0.1) is 6.20 Å². The Kier molecular flexibility index (Phi) is 5.22. The number of carboxylic acids is 1. The van der Waals surface area contributed by atoms with Crippen molar-refractivity contribution in [1.82, 2.24) is 15.1 Å². The lowest BCUT2D eigenvalue weighted by atomic mass is 10.1. The molecule has 12 heteroatoms. The minimum Gasteiger partial charge on any atom is -0.480 e. The topological polar surface area (TPSA) is 154 Å². The number of amides is 1. The van der Waals surface area contributed by atoms with Gasteiger partial charge in [0.2, 0.25) is 17.3 Å². The zero-order valence-electron chi connectivity index (χ0n) is 17.5. The van der Waals surface area contributed by atoms with Crippen molar-refractivity contribution in [1.29, 1.82) is 0 Å². The molecule has 1 saturated carbocycles. The number of anilines is 1. The van der Waals surface area contributed by atoms with Crippen molar-refractivity contribution in [3.63, 3.8) is 0 Å². The highest BCUT2D eigenvalue weighted by atomic mass is 35.5. The third-order valence-electron chi connectivity index (χ3n) is 5.26. The van der Waals surface area contributed by atoms with E-state index < -0.39 is 23.6 Å². The van der Waals surface area contributed by atoms with E-state index in [1.54, 1.807) is 31.2 Å². The van der Waals surface area contributed by atoms with E-state index in [0.717, 1.165) is 0 Å². The number of hydrogen-bond donors (Lipinski definition) is 2. The molecule has 1 aliphatic carbocycles. The van der Waals surface area contributed by atoms with Crippen molar-refractivity contribution < 1.29 is 32.8 Å². The van der Waals surface area contributed by atoms with E-state index in [1.807, 2.05) is 0 Å². The Morgan fingerprint density at radius 1 is 1.24 bits per heavy atom. The van der Waals surface area contributed by atoms with Gasteiger partial charge in [-0.05, 0) is 31.8 Å². The van der Waals surface area contributed by atoms with Gasteiger partial charge in [0.1, 0.15) is 17.2 Å². The van der Waals surface area contributed by atoms with Gasteiger partial charge in [-0.3, -0.25) is 10.1 Å². The number of benzene rings is 1. The summed E-state index contributed by atoms with van der Waals surface area (Å²) in [5.74, 6) is 4.30. The highest BCUT2D eigenvalue weighted by Gasteiger charge is 2.56. The molecular weight excluding hydrogens is 468 g/mol. The Morgan fingerprint density at radius 2 is 2.03 bits per heavy atom. The first-order valence-electron chi connectivity index (χ1n) is 10.1. The highest BCUT2D eigenvalue weighted by Crippen LogP contribution is 2.48. The Bertz CT molecular complexity index is 1440. The molecule has 0 aliphatic heterocycles. The van der Waals surface area contributed by atoms with Crippen LogP contribution in [0.25, 0.3) is 11.4 Å². The number of rotatable bonds is 5. The third-order valence-corrected chi connectivity index (χ3v) is 5.61. The molecule has 172 valence electrons. The second-order valence-electron chi connectivity index (χ2n) is 7.55. The number of hydrogen-bond acceptors (Lipinski definition) is 9. The van der Waals surface area contributed by atoms with Crippen molar-refractivity contribution in [2.45, 2.75) is 31.3 Å². The van der Waals surface area contributed by atoms with Crippen LogP contribution in [-0.4, -0.2) is 32.3 Å². The van der Waals surface area contributed by atoms with Crippen LogP contribution in [0.15, 0.2) is 43.8 Å². The van der Waals surface area contributed by atoms with Gasteiger partial charge in [-0.25, -0.2) is 4.79 Å². The summed E-state index contributed by atoms with van der Waals surface area (Å²) in [6, 6.07) is 7.03. The van der Waals surface area contributed by atoms with E-state index in [9.17, 15) is 14.7 Å². The molecule has 1 atom stereocenters. The number of ether oxygens (including phenoxy) is 1. The number of carboxylic acid groups (broad SMARTS) is 1. The molecule has 0 saturated heterocycles. The summed E-state index contributed by atoms with van der Waals surface area (Å²) >= 11 is 6.13. The van der Waals surface area contributed by atoms with Crippen LogP contribution >= 0.6 is 11.6 Å². The van der Waals surface area contributed by atoms with Gasteiger partial charge in [-0.1, -0.05) is 35.0 Å². The van der Waals surface area contributed by atoms with E-state index in [4.69, 9.17) is 29.7 Å². The molecule has 2 N–H and O–H groups in total. The van der Waals surface area contributed by atoms with Crippen LogP contribution in [0, 0.1) is 11.8 Å². The van der Waals surface area contributed by atoms with Crippen molar-refractivity contribution >= 4 is 40.8 Å². The van der Waals surface area contributed by atoms with Gasteiger partial charge < -0.3 is 23.2 Å². The molecule has 0 spiro atoms. The van der Waals surface area contributed by atoms with Crippen LogP contribution < -0.4 is 5.32 Å². The normalized spacial score (nSPS) is 14.8. The Morgan fingerprint density at radius 3 is 2.74 bits per heavy atom. The number of halogens is 1. The smallest absolute Gasteiger partial charge is 0.412 e. The maximum absolute atomic E-state index is 12.3. The molecule has 3 aromatic heterocycles. The zero-order valence-corrected chi connectivity index (χ0v) is 18.3. The number of fused-ring (bicyclic) bond motifs is 1. The Hall–Kier alpha value is -4.30. The van der Waals surface area contributed by atoms with E-state index >= 15 is 0 Å². The minimum absolute atomic E-state index is 0.0279.